The molecule has 2 amide bonds. The molecule has 1 aromatic rings. The number of ether oxygens (including phenoxy) is 1. The summed E-state index contributed by atoms with van der Waals surface area (Å²) in [5, 5.41) is 9.62. The Morgan fingerprint density at radius 3 is 2.88 bits per heavy atom. The Hall–Kier alpha value is -2.41. The van der Waals surface area contributed by atoms with Crippen molar-refractivity contribution in [3.8, 4) is 0 Å². The molecule has 0 radical (unpaired) electrons. The van der Waals surface area contributed by atoms with Gasteiger partial charge in [0.15, 0.2) is 0 Å². The third-order valence-electron chi connectivity index (χ3n) is 4.62. The number of amides is 2. The van der Waals surface area contributed by atoms with Crippen LogP contribution in [0.4, 0.5) is 0 Å². The average molecular weight is 359 g/mol. The molecule has 3 rings (SSSR count). The van der Waals surface area contributed by atoms with Crippen LogP contribution in [0, 0.1) is 6.92 Å². The van der Waals surface area contributed by atoms with Gasteiger partial charge < -0.3 is 20.2 Å². The van der Waals surface area contributed by atoms with Crippen molar-refractivity contribution in [3.63, 3.8) is 0 Å². The molecule has 1 aromatic carbocycles. The van der Waals surface area contributed by atoms with Gasteiger partial charge in [-0.25, -0.2) is 0 Å². The van der Waals surface area contributed by atoms with Crippen molar-refractivity contribution >= 4 is 17.5 Å². The summed E-state index contributed by atoms with van der Waals surface area (Å²) in [6.45, 7) is 3.58. The van der Waals surface area contributed by atoms with E-state index < -0.39 is 6.10 Å². The zero-order valence-corrected chi connectivity index (χ0v) is 15.0. The molecule has 2 N–H and O–H groups in total. The Morgan fingerprint density at radius 2 is 2.12 bits per heavy atom. The van der Waals surface area contributed by atoms with Gasteiger partial charge in [0.05, 0.1) is 11.8 Å². The quantitative estimate of drug-likeness (QED) is 0.768. The number of oxime groups is 1. The Morgan fingerprint density at radius 1 is 1.27 bits per heavy atom. The zero-order valence-electron chi connectivity index (χ0n) is 15.0. The highest BCUT2D eigenvalue weighted by molar-refractivity contribution is 6.05. The summed E-state index contributed by atoms with van der Waals surface area (Å²) in [6.07, 6.45) is 2.18. The van der Waals surface area contributed by atoms with Crippen LogP contribution in [0.15, 0.2) is 29.4 Å². The molecule has 2 aliphatic rings. The molecule has 2 aliphatic heterocycles. The summed E-state index contributed by atoms with van der Waals surface area (Å²) in [5.41, 5.74) is 2.87. The normalized spacial score (nSPS) is 21.8. The van der Waals surface area contributed by atoms with Crippen LogP contribution >= 0.6 is 0 Å². The molecular weight excluding hydrogens is 334 g/mol. The minimum Gasteiger partial charge on any atom is -0.382 e. The van der Waals surface area contributed by atoms with Gasteiger partial charge in [0.2, 0.25) is 12.0 Å². The third kappa shape index (κ3) is 4.82. The monoisotopic (exact) mass is 359 g/mol. The van der Waals surface area contributed by atoms with E-state index in [2.05, 4.69) is 15.8 Å². The maximum absolute atomic E-state index is 12.2. The first-order valence-corrected chi connectivity index (χ1v) is 9.08. The summed E-state index contributed by atoms with van der Waals surface area (Å²) in [4.78, 5) is 29.3. The third-order valence-corrected chi connectivity index (χ3v) is 4.62. The molecule has 0 aliphatic carbocycles. The number of carbonyl (C=O) groups is 2. The Bertz CT molecular complexity index is 683. The number of benzene rings is 1. The van der Waals surface area contributed by atoms with Crippen LogP contribution in [-0.4, -0.2) is 49.4 Å². The van der Waals surface area contributed by atoms with Crippen LogP contribution in [0.2, 0.25) is 0 Å². The van der Waals surface area contributed by atoms with E-state index in [-0.39, 0.29) is 30.9 Å². The van der Waals surface area contributed by atoms with Crippen molar-refractivity contribution < 1.29 is 19.2 Å². The molecular formula is C19H25N3O4. The van der Waals surface area contributed by atoms with E-state index >= 15 is 0 Å². The second-order valence-corrected chi connectivity index (χ2v) is 6.63. The van der Waals surface area contributed by atoms with Gasteiger partial charge in [0, 0.05) is 38.1 Å². The topological polar surface area (TPSA) is 89.0 Å². The van der Waals surface area contributed by atoms with Gasteiger partial charge in [0.25, 0.3) is 5.91 Å². The predicted octanol–water partition coefficient (Wildman–Crippen LogP) is 1.29. The number of hydrogen-bond donors (Lipinski definition) is 2. The van der Waals surface area contributed by atoms with Crippen LogP contribution in [-0.2, 0) is 19.2 Å². The highest BCUT2D eigenvalue weighted by atomic mass is 16.6. The fourth-order valence-corrected chi connectivity index (χ4v) is 3.11. The lowest BCUT2D eigenvalue weighted by molar-refractivity contribution is -0.131. The maximum atomic E-state index is 12.2. The number of rotatable bonds is 7. The highest BCUT2D eigenvalue weighted by Gasteiger charge is 2.29. The molecule has 7 heteroatoms. The van der Waals surface area contributed by atoms with E-state index in [4.69, 9.17) is 9.57 Å². The minimum absolute atomic E-state index is 0.0926. The summed E-state index contributed by atoms with van der Waals surface area (Å²) in [5.74, 6) is -0.339. The van der Waals surface area contributed by atoms with E-state index in [1.807, 2.05) is 31.2 Å². The van der Waals surface area contributed by atoms with Crippen molar-refractivity contribution in [1.29, 1.82) is 0 Å². The molecule has 1 saturated heterocycles. The maximum Gasteiger partial charge on any atom is 0.264 e. The van der Waals surface area contributed by atoms with Crippen molar-refractivity contribution in [2.24, 2.45) is 5.16 Å². The highest BCUT2D eigenvalue weighted by Crippen LogP contribution is 2.19. The molecule has 0 bridgehead atoms. The van der Waals surface area contributed by atoms with Crippen molar-refractivity contribution in [3.05, 3.63) is 35.4 Å². The summed E-state index contributed by atoms with van der Waals surface area (Å²) >= 11 is 0. The molecule has 0 unspecified atom stereocenters. The van der Waals surface area contributed by atoms with Gasteiger partial charge in [-0.05, 0) is 25.3 Å². The summed E-state index contributed by atoms with van der Waals surface area (Å²) < 4.78 is 5.45. The first-order valence-electron chi connectivity index (χ1n) is 9.08. The minimum atomic E-state index is -0.639. The number of hydrogen-bond acceptors (Lipinski definition) is 5. The average Bonchev–Trinajstić information content (AvgIpc) is 3.32. The van der Waals surface area contributed by atoms with E-state index in [0.717, 1.165) is 36.3 Å². The molecule has 0 saturated carbocycles. The largest absolute Gasteiger partial charge is 0.382 e. The first kappa shape index (κ1) is 18.4. The van der Waals surface area contributed by atoms with Gasteiger partial charge in [-0.1, -0.05) is 29.4 Å². The molecule has 0 aromatic heterocycles. The van der Waals surface area contributed by atoms with E-state index in [0.29, 0.717) is 13.0 Å². The standard InChI is InChI=1S/C19H25N3O4/c1-13-5-2-3-7-15(13)16-11-17(26-22-16)19(24)20-9-8-18(23)21-12-14-6-4-10-25-14/h2-3,5,7,14,17H,4,6,8-12H2,1H3,(H,20,24)(H,21,23)/t14-,17+/m0/s1. The first-order chi connectivity index (χ1) is 12.6. The van der Waals surface area contributed by atoms with Crippen molar-refractivity contribution in [2.75, 3.05) is 19.7 Å². The van der Waals surface area contributed by atoms with Crippen LogP contribution in [0.1, 0.15) is 36.8 Å². The number of nitrogens with one attached hydrogen (secondary N) is 2. The lowest BCUT2D eigenvalue weighted by atomic mass is 10.0. The lowest BCUT2D eigenvalue weighted by Crippen LogP contribution is -2.38. The molecule has 1 fully saturated rings. The smallest absolute Gasteiger partial charge is 0.264 e. The van der Waals surface area contributed by atoms with E-state index in [1.165, 1.54) is 0 Å². The van der Waals surface area contributed by atoms with Gasteiger partial charge >= 0.3 is 0 Å². The zero-order chi connectivity index (χ0) is 18.4. The van der Waals surface area contributed by atoms with Crippen LogP contribution < -0.4 is 10.6 Å². The van der Waals surface area contributed by atoms with Gasteiger partial charge in [-0.15, -0.1) is 0 Å². The van der Waals surface area contributed by atoms with Crippen LogP contribution in [0.5, 0.6) is 0 Å². The predicted molar refractivity (Wildman–Crippen MR) is 96.8 cm³/mol. The van der Waals surface area contributed by atoms with E-state index in [1.54, 1.807) is 0 Å². The van der Waals surface area contributed by atoms with Gasteiger partial charge in [-0.3, -0.25) is 9.59 Å². The SMILES string of the molecule is Cc1ccccc1C1=NO[C@@H](C(=O)NCCC(=O)NC[C@@H]2CCCO2)C1. The number of aryl methyl sites for hydroxylation is 1. The van der Waals surface area contributed by atoms with Gasteiger partial charge in [0.1, 0.15) is 0 Å². The summed E-state index contributed by atoms with van der Waals surface area (Å²) in [7, 11) is 0. The molecule has 2 heterocycles. The number of nitrogens with zero attached hydrogens (tertiary/aromatic N) is 1. The fourth-order valence-electron chi connectivity index (χ4n) is 3.11. The molecule has 7 nitrogen and oxygen atoms in total. The van der Waals surface area contributed by atoms with Crippen molar-refractivity contribution in [2.45, 2.75) is 44.8 Å². The van der Waals surface area contributed by atoms with Crippen LogP contribution in [0.3, 0.4) is 0 Å². The second-order valence-electron chi connectivity index (χ2n) is 6.63. The second kappa shape index (κ2) is 8.80. The van der Waals surface area contributed by atoms with Crippen LogP contribution in [0.25, 0.3) is 0 Å². The summed E-state index contributed by atoms with van der Waals surface area (Å²) in [6, 6.07) is 7.87. The van der Waals surface area contributed by atoms with Gasteiger partial charge in [-0.2, -0.15) is 0 Å². The lowest BCUT2D eigenvalue weighted by Gasteiger charge is -2.12. The van der Waals surface area contributed by atoms with E-state index in [9.17, 15) is 9.59 Å². The molecule has 2 atom stereocenters. The number of carbonyl (C=O) groups excluding carboxylic acids is 2. The molecule has 26 heavy (non-hydrogen) atoms. The Balaban J connectivity index is 1.35. The van der Waals surface area contributed by atoms with Crippen molar-refractivity contribution in [1.82, 2.24) is 10.6 Å². The fraction of sp³-hybridized carbons (Fsp3) is 0.526. The Kier molecular flexibility index (Phi) is 6.22. The Labute approximate surface area is 153 Å². The molecule has 0 spiro atoms. The molecule has 140 valence electrons.